The topological polar surface area (TPSA) is 0 Å². The van der Waals surface area contributed by atoms with Crippen molar-refractivity contribution in [2.45, 2.75) is 18.5 Å². The lowest BCUT2D eigenvalue weighted by molar-refractivity contribution is -0.259. The fraction of sp³-hybridized carbons (Fsp3) is 0.500. The molecule has 0 aromatic carbocycles. The quantitative estimate of drug-likeness (QED) is 0.444. The molecule has 0 heterocycles. The zero-order valence-electron chi connectivity index (χ0n) is 5.46. The molecule has 0 spiro atoms. The van der Waals surface area contributed by atoms with Gasteiger partial charge in [0.2, 0.25) is 0 Å². The first kappa shape index (κ1) is 10.4. The van der Waals surface area contributed by atoms with Crippen LogP contribution in [0.2, 0.25) is 0 Å². The highest BCUT2D eigenvalue weighted by Gasteiger charge is 2.55. The minimum absolute atomic E-state index is 0.0916. The van der Waals surface area contributed by atoms with E-state index in [1.165, 1.54) is 0 Å². The molecule has 11 heavy (non-hydrogen) atoms. The van der Waals surface area contributed by atoms with Gasteiger partial charge in [0.1, 0.15) is 0 Å². The Balaban J connectivity index is 4.34. The molecule has 0 aliphatic carbocycles. The van der Waals surface area contributed by atoms with Crippen molar-refractivity contribution < 1.29 is 22.0 Å². The third-order valence-electron chi connectivity index (χ3n) is 0.872. The van der Waals surface area contributed by atoms with Gasteiger partial charge in [0, 0.05) is 0 Å². The molecule has 0 bridgehead atoms. The number of rotatable bonds is 2. The Labute approximate surface area is 60.7 Å². The first-order valence-corrected chi connectivity index (χ1v) is 2.73. The summed E-state index contributed by atoms with van der Waals surface area (Å²) in [6, 6.07) is 0. The van der Waals surface area contributed by atoms with Crippen molar-refractivity contribution in [2.24, 2.45) is 0 Å². The zero-order valence-corrected chi connectivity index (χ0v) is 5.46. The highest BCUT2D eigenvalue weighted by molar-refractivity contribution is 4.99. The molecular weight excluding hydrogens is 167 g/mol. The van der Waals surface area contributed by atoms with Crippen LogP contribution in [0.3, 0.4) is 0 Å². The summed E-state index contributed by atoms with van der Waals surface area (Å²) in [5, 5.41) is 0. The second-order valence-electron chi connectivity index (χ2n) is 1.81. The van der Waals surface area contributed by atoms with Crippen molar-refractivity contribution in [2.75, 3.05) is 0 Å². The number of halogens is 5. The molecule has 0 N–H and O–H groups in total. The summed E-state index contributed by atoms with van der Waals surface area (Å²) in [6.45, 7) is 3.08. The van der Waals surface area contributed by atoms with Crippen LogP contribution < -0.4 is 0 Å². The van der Waals surface area contributed by atoms with Crippen molar-refractivity contribution in [1.82, 2.24) is 0 Å². The van der Waals surface area contributed by atoms with Crippen molar-refractivity contribution in [3.8, 4) is 0 Å². The van der Waals surface area contributed by atoms with E-state index in [1.54, 1.807) is 0 Å². The molecule has 0 aromatic rings. The average Bonchev–Trinajstić information content (AvgIpc) is 1.81. The van der Waals surface area contributed by atoms with Gasteiger partial charge in [-0.25, -0.2) is 0 Å². The van der Waals surface area contributed by atoms with E-state index in [0.717, 1.165) is 0 Å². The van der Waals surface area contributed by atoms with Gasteiger partial charge in [-0.15, -0.1) is 0 Å². The first-order chi connectivity index (χ1) is 4.81. The maximum atomic E-state index is 11.9. The number of allylic oxidation sites excluding steroid dienone is 2. The Hall–Kier alpha value is -0.610. The van der Waals surface area contributed by atoms with Gasteiger partial charge in [0.25, 0.3) is 0 Å². The Bertz CT molecular complexity index is 144. The van der Waals surface area contributed by atoms with Crippen LogP contribution in [0.4, 0.5) is 22.0 Å². The molecule has 0 nitrogen and oxygen atoms in total. The lowest BCUT2D eigenvalue weighted by atomic mass is 10.3. The summed E-state index contributed by atoms with van der Waals surface area (Å²) >= 11 is 0. The van der Waals surface area contributed by atoms with Crippen LogP contribution in [0.15, 0.2) is 12.2 Å². The van der Waals surface area contributed by atoms with Gasteiger partial charge in [-0.2, -0.15) is 22.0 Å². The maximum Gasteiger partial charge on any atom is 0.457 e. The molecule has 0 unspecified atom stereocenters. The fourth-order valence-corrected chi connectivity index (χ4v) is 0.326. The number of alkyl halides is 5. The molecule has 0 saturated carbocycles. The molecule has 0 rings (SSSR count). The summed E-state index contributed by atoms with van der Waals surface area (Å²) in [7, 11) is 0. The molecule has 65 valence electrons. The van der Waals surface area contributed by atoms with E-state index in [-0.39, 0.29) is 12.5 Å². The number of hydrogen-bond donors (Lipinski definition) is 0. The standard InChI is InChI=1S/C6H6F5/c1-2-3-4-5(7,8)6(9,10)11/h3-4H,1-2H2. The van der Waals surface area contributed by atoms with Gasteiger partial charge < -0.3 is 0 Å². The van der Waals surface area contributed by atoms with Crippen molar-refractivity contribution in [1.29, 1.82) is 0 Å². The van der Waals surface area contributed by atoms with Gasteiger partial charge in [0.05, 0.1) is 0 Å². The monoisotopic (exact) mass is 173 g/mol. The summed E-state index contributed by atoms with van der Waals surface area (Å²) in [4.78, 5) is 0. The highest BCUT2D eigenvalue weighted by atomic mass is 19.4. The summed E-state index contributed by atoms with van der Waals surface area (Å²) in [6.07, 6.45) is -5.11. The summed E-state index contributed by atoms with van der Waals surface area (Å²) in [5.41, 5.74) is 0. The van der Waals surface area contributed by atoms with Crippen LogP contribution in [-0.2, 0) is 0 Å². The molecule has 5 heteroatoms. The molecule has 0 saturated heterocycles. The third-order valence-corrected chi connectivity index (χ3v) is 0.872. The van der Waals surface area contributed by atoms with E-state index in [0.29, 0.717) is 6.08 Å². The largest absolute Gasteiger partial charge is 0.457 e. The fourth-order valence-electron chi connectivity index (χ4n) is 0.326. The summed E-state index contributed by atoms with van der Waals surface area (Å²) in [5.74, 6) is -4.73. The normalized spacial score (nSPS) is 14.4. The average molecular weight is 173 g/mol. The van der Waals surface area contributed by atoms with Gasteiger partial charge in [-0.1, -0.05) is 6.08 Å². The molecule has 0 atom stereocenters. The minimum Gasteiger partial charge on any atom is -0.192 e. The van der Waals surface area contributed by atoms with Crippen molar-refractivity contribution in [3.63, 3.8) is 0 Å². The zero-order chi connectivity index (χ0) is 9.12. The predicted molar refractivity (Wildman–Crippen MR) is 30.1 cm³/mol. The highest BCUT2D eigenvalue weighted by Crippen LogP contribution is 2.36. The molecule has 0 fully saturated rings. The van der Waals surface area contributed by atoms with E-state index in [4.69, 9.17) is 0 Å². The van der Waals surface area contributed by atoms with Crippen LogP contribution >= 0.6 is 0 Å². The number of hydrogen-bond acceptors (Lipinski definition) is 0. The van der Waals surface area contributed by atoms with Crippen LogP contribution in [0.25, 0.3) is 0 Å². The SMILES string of the molecule is [CH2]CC=CC(F)(F)C(F)(F)F. The molecule has 0 aromatic heterocycles. The molecule has 0 aliphatic heterocycles. The van der Waals surface area contributed by atoms with Crippen LogP contribution in [0, 0.1) is 6.92 Å². The van der Waals surface area contributed by atoms with Gasteiger partial charge in [0.15, 0.2) is 0 Å². The van der Waals surface area contributed by atoms with Crippen LogP contribution in [0.1, 0.15) is 6.42 Å². The summed E-state index contributed by atoms with van der Waals surface area (Å²) < 4.78 is 57.8. The molecular formula is C6H6F5. The minimum atomic E-state index is -5.50. The second-order valence-corrected chi connectivity index (χ2v) is 1.81. The second kappa shape index (κ2) is 3.19. The van der Waals surface area contributed by atoms with Crippen LogP contribution in [-0.4, -0.2) is 12.1 Å². The first-order valence-electron chi connectivity index (χ1n) is 2.73. The Morgan fingerprint density at radius 1 is 1.09 bits per heavy atom. The third kappa shape index (κ3) is 2.86. The van der Waals surface area contributed by atoms with Gasteiger partial charge in [-0.3, -0.25) is 0 Å². The van der Waals surface area contributed by atoms with E-state index in [1.807, 2.05) is 0 Å². The van der Waals surface area contributed by atoms with Crippen LogP contribution in [0.5, 0.6) is 0 Å². The van der Waals surface area contributed by atoms with Crippen molar-refractivity contribution >= 4 is 0 Å². The smallest absolute Gasteiger partial charge is 0.192 e. The molecule has 1 radical (unpaired) electrons. The van der Waals surface area contributed by atoms with E-state index in [2.05, 4.69) is 6.92 Å². The van der Waals surface area contributed by atoms with E-state index < -0.39 is 12.1 Å². The molecule has 0 amide bonds. The Morgan fingerprint density at radius 3 is 1.82 bits per heavy atom. The lowest BCUT2D eigenvalue weighted by Crippen LogP contribution is -2.33. The lowest BCUT2D eigenvalue weighted by Gasteiger charge is -2.14. The van der Waals surface area contributed by atoms with E-state index in [9.17, 15) is 22.0 Å². The molecule has 0 aliphatic rings. The predicted octanol–water partition coefficient (Wildman–Crippen LogP) is 2.96. The van der Waals surface area contributed by atoms with Gasteiger partial charge in [-0.05, 0) is 19.4 Å². The van der Waals surface area contributed by atoms with Crippen molar-refractivity contribution in [3.05, 3.63) is 19.1 Å². The Morgan fingerprint density at radius 2 is 1.55 bits per heavy atom. The van der Waals surface area contributed by atoms with Gasteiger partial charge >= 0.3 is 12.1 Å². The maximum absolute atomic E-state index is 11.9. The Kier molecular flexibility index (Phi) is 3.02. The van der Waals surface area contributed by atoms with E-state index >= 15 is 0 Å².